The molecule has 3 aromatic rings. The van der Waals surface area contributed by atoms with Gasteiger partial charge in [0.2, 0.25) is 0 Å². The number of carboxylic acid groups (broad SMARTS) is 1. The number of hydrogen-bond acceptors (Lipinski definition) is 3. The van der Waals surface area contributed by atoms with Gasteiger partial charge in [-0.1, -0.05) is 40.2 Å². The van der Waals surface area contributed by atoms with Crippen LogP contribution in [0.15, 0.2) is 64.0 Å². The minimum atomic E-state index is -4.00. The summed E-state index contributed by atoms with van der Waals surface area (Å²) in [6, 6.07) is 14.1. The molecule has 0 fully saturated rings. The Balaban J connectivity index is 2.42. The highest BCUT2D eigenvalue weighted by atomic mass is 79.9. The van der Waals surface area contributed by atoms with Crippen LogP contribution in [0.1, 0.15) is 10.5 Å². The first kappa shape index (κ1) is 14.8. The Kier molecular flexibility index (Phi) is 3.54. The molecule has 0 saturated carbocycles. The van der Waals surface area contributed by atoms with E-state index < -0.39 is 16.0 Å². The van der Waals surface area contributed by atoms with Crippen LogP contribution in [0.25, 0.3) is 10.9 Å². The second kappa shape index (κ2) is 5.26. The molecular formula is C15H10BrNO4S. The lowest BCUT2D eigenvalue weighted by atomic mass is 10.2. The Morgan fingerprint density at radius 3 is 2.36 bits per heavy atom. The number of aromatic carboxylic acids is 1. The normalized spacial score (nSPS) is 11.7. The van der Waals surface area contributed by atoms with Gasteiger partial charge in [-0.15, -0.1) is 0 Å². The fourth-order valence-electron chi connectivity index (χ4n) is 2.28. The molecule has 0 unspecified atom stereocenters. The van der Waals surface area contributed by atoms with E-state index in [1.165, 1.54) is 18.2 Å². The van der Waals surface area contributed by atoms with Gasteiger partial charge in [-0.3, -0.25) is 0 Å². The third-order valence-electron chi connectivity index (χ3n) is 3.25. The first-order chi connectivity index (χ1) is 10.4. The van der Waals surface area contributed by atoms with E-state index in [0.717, 1.165) is 3.97 Å². The van der Waals surface area contributed by atoms with Crippen molar-refractivity contribution in [3.63, 3.8) is 0 Å². The zero-order valence-corrected chi connectivity index (χ0v) is 13.5. The molecule has 1 N–H and O–H groups in total. The summed E-state index contributed by atoms with van der Waals surface area (Å²) in [5.41, 5.74) is 0.0152. The summed E-state index contributed by atoms with van der Waals surface area (Å²) in [5, 5.41) is 9.89. The minimum absolute atomic E-state index is 0.0370. The Morgan fingerprint density at radius 2 is 1.73 bits per heavy atom. The molecule has 0 saturated heterocycles. The van der Waals surface area contributed by atoms with Crippen LogP contribution in [0.2, 0.25) is 0 Å². The van der Waals surface area contributed by atoms with E-state index in [9.17, 15) is 18.3 Å². The van der Waals surface area contributed by atoms with Gasteiger partial charge in [-0.25, -0.2) is 17.2 Å². The third kappa shape index (κ3) is 2.22. The number of aromatic nitrogens is 1. The molecule has 22 heavy (non-hydrogen) atoms. The van der Waals surface area contributed by atoms with E-state index in [1.807, 2.05) is 0 Å². The number of halogens is 1. The molecule has 3 rings (SSSR count). The van der Waals surface area contributed by atoms with Crippen molar-refractivity contribution in [1.82, 2.24) is 3.97 Å². The minimum Gasteiger partial charge on any atom is -0.477 e. The molecule has 0 amide bonds. The van der Waals surface area contributed by atoms with Gasteiger partial charge in [0.15, 0.2) is 0 Å². The summed E-state index contributed by atoms with van der Waals surface area (Å²) >= 11 is 3.32. The molecule has 5 nitrogen and oxygen atoms in total. The van der Waals surface area contributed by atoms with Crippen molar-refractivity contribution in [3.8, 4) is 0 Å². The van der Waals surface area contributed by atoms with Gasteiger partial charge in [0.05, 0.1) is 10.4 Å². The topological polar surface area (TPSA) is 76.4 Å². The van der Waals surface area contributed by atoms with Crippen LogP contribution >= 0.6 is 15.9 Å². The SMILES string of the molecule is O=C(O)c1cc2c(Br)cccc2n1S(=O)(=O)c1ccccc1. The molecule has 0 aliphatic carbocycles. The average molecular weight is 380 g/mol. The second-order valence-electron chi connectivity index (χ2n) is 4.59. The van der Waals surface area contributed by atoms with Crippen LogP contribution < -0.4 is 0 Å². The number of benzene rings is 2. The lowest BCUT2D eigenvalue weighted by Crippen LogP contribution is -2.18. The number of carbonyl (C=O) groups is 1. The summed E-state index contributed by atoms with van der Waals surface area (Å²) in [5.74, 6) is -1.30. The molecule has 7 heteroatoms. The maximum Gasteiger partial charge on any atom is 0.353 e. The smallest absolute Gasteiger partial charge is 0.353 e. The maximum atomic E-state index is 12.8. The molecule has 0 radical (unpaired) electrons. The van der Waals surface area contributed by atoms with E-state index in [-0.39, 0.29) is 10.6 Å². The number of hydrogen-bond donors (Lipinski definition) is 1. The van der Waals surface area contributed by atoms with Gasteiger partial charge in [-0.05, 0) is 30.3 Å². The van der Waals surface area contributed by atoms with Crippen LogP contribution in [0, 0.1) is 0 Å². The van der Waals surface area contributed by atoms with Crippen LogP contribution in [-0.4, -0.2) is 23.5 Å². The first-order valence-electron chi connectivity index (χ1n) is 6.27. The monoisotopic (exact) mass is 379 g/mol. The lowest BCUT2D eigenvalue weighted by Gasteiger charge is -2.10. The van der Waals surface area contributed by atoms with E-state index in [4.69, 9.17) is 0 Å². The molecule has 1 heterocycles. The van der Waals surface area contributed by atoms with Crippen molar-refractivity contribution in [3.05, 3.63) is 64.8 Å². The van der Waals surface area contributed by atoms with E-state index in [0.29, 0.717) is 15.4 Å². The van der Waals surface area contributed by atoms with Gasteiger partial charge in [0.1, 0.15) is 5.69 Å². The summed E-state index contributed by atoms with van der Waals surface area (Å²) < 4.78 is 27.2. The van der Waals surface area contributed by atoms with Crippen LogP contribution in [0.3, 0.4) is 0 Å². The van der Waals surface area contributed by atoms with Gasteiger partial charge < -0.3 is 5.11 Å². The van der Waals surface area contributed by atoms with Crippen LogP contribution in [-0.2, 0) is 10.0 Å². The van der Waals surface area contributed by atoms with Crippen molar-refractivity contribution in [2.75, 3.05) is 0 Å². The number of carboxylic acids is 1. The van der Waals surface area contributed by atoms with Gasteiger partial charge in [0.25, 0.3) is 10.0 Å². The standard InChI is InChI=1S/C15H10BrNO4S/c16-12-7-4-8-13-11(12)9-14(15(18)19)17(13)22(20,21)10-5-2-1-3-6-10/h1-9H,(H,18,19). The summed E-state index contributed by atoms with van der Waals surface area (Å²) in [6.45, 7) is 0. The zero-order valence-electron chi connectivity index (χ0n) is 11.1. The quantitative estimate of drug-likeness (QED) is 0.756. The fraction of sp³-hybridized carbons (Fsp3) is 0. The van der Waals surface area contributed by atoms with Crippen molar-refractivity contribution >= 4 is 42.8 Å². The molecule has 0 bridgehead atoms. The largest absolute Gasteiger partial charge is 0.477 e. The van der Waals surface area contributed by atoms with Gasteiger partial charge in [0, 0.05) is 9.86 Å². The maximum absolute atomic E-state index is 12.8. The predicted molar refractivity (Wildman–Crippen MR) is 85.6 cm³/mol. The number of rotatable bonds is 3. The second-order valence-corrected chi connectivity index (χ2v) is 7.23. The fourth-order valence-corrected chi connectivity index (χ4v) is 4.27. The molecule has 0 aliphatic rings. The number of fused-ring (bicyclic) bond motifs is 1. The van der Waals surface area contributed by atoms with E-state index >= 15 is 0 Å². The van der Waals surface area contributed by atoms with Crippen molar-refractivity contribution in [2.24, 2.45) is 0 Å². The first-order valence-corrected chi connectivity index (χ1v) is 8.50. The Hall–Kier alpha value is -2.12. The molecule has 0 aliphatic heterocycles. The highest BCUT2D eigenvalue weighted by Gasteiger charge is 2.26. The summed E-state index contributed by atoms with van der Waals surface area (Å²) in [6.07, 6.45) is 0. The van der Waals surface area contributed by atoms with E-state index in [2.05, 4.69) is 15.9 Å². The number of nitrogens with zero attached hydrogens (tertiary/aromatic N) is 1. The molecule has 0 atom stereocenters. The van der Waals surface area contributed by atoms with Crippen molar-refractivity contribution < 1.29 is 18.3 Å². The van der Waals surface area contributed by atoms with Crippen LogP contribution in [0.5, 0.6) is 0 Å². The summed E-state index contributed by atoms with van der Waals surface area (Å²) in [4.78, 5) is 11.5. The molecule has 0 spiro atoms. The average Bonchev–Trinajstić information content (AvgIpc) is 2.90. The van der Waals surface area contributed by atoms with Crippen molar-refractivity contribution in [1.29, 1.82) is 0 Å². The highest BCUT2D eigenvalue weighted by molar-refractivity contribution is 9.10. The van der Waals surface area contributed by atoms with Crippen LogP contribution in [0.4, 0.5) is 0 Å². The Morgan fingerprint density at radius 1 is 1.05 bits per heavy atom. The third-order valence-corrected chi connectivity index (χ3v) is 5.68. The van der Waals surface area contributed by atoms with Gasteiger partial charge >= 0.3 is 5.97 Å². The lowest BCUT2D eigenvalue weighted by molar-refractivity contribution is 0.0689. The predicted octanol–water partition coefficient (Wildman–Crippen LogP) is 3.34. The molecule has 112 valence electrons. The molecular weight excluding hydrogens is 370 g/mol. The Bertz CT molecular complexity index is 977. The Labute approximate surface area is 135 Å². The van der Waals surface area contributed by atoms with E-state index in [1.54, 1.807) is 36.4 Å². The van der Waals surface area contributed by atoms with Crippen molar-refractivity contribution in [2.45, 2.75) is 4.90 Å². The zero-order chi connectivity index (χ0) is 15.9. The van der Waals surface area contributed by atoms with Gasteiger partial charge in [-0.2, -0.15) is 0 Å². The summed E-state index contributed by atoms with van der Waals surface area (Å²) in [7, 11) is -4.00. The molecule has 1 aromatic heterocycles. The highest BCUT2D eigenvalue weighted by Crippen LogP contribution is 2.30. The molecule has 2 aromatic carbocycles.